The molecule has 2 heterocycles. The zero-order valence-electron chi connectivity index (χ0n) is 14.0. The van der Waals surface area contributed by atoms with Crippen LogP contribution in [-0.4, -0.2) is 17.9 Å². The van der Waals surface area contributed by atoms with Crippen molar-refractivity contribution in [2.45, 2.75) is 26.3 Å². The molecule has 2 aromatic heterocycles. The smallest absolute Gasteiger partial charge is 0.223 e. The van der Waals surface area contributed by atoms with Crippen LogP contribution in [0.15, 0.2) is 63.4 Å². The van der Waals surface area contributed by atoms with Crippen LogP contribution in [0.3, 0.4) is 0 Å². The van der Waals surface area contributed by atoms with E-state index >= 15 is 0 Å². The van der Waals surface area contributed by atoms with Gasteiger partial charge < -0.3 is 13.7 Å². The van der Waals surface area contributed by atoms with Gasteiger partial charge in [0.15, 0.2) is 0 Å². The highest BCUT2D eigenvalue weighted by molar-refractivity contribution is 5.76. The Morgan fingerprint density at radius 3 is 2.42 bits per heavy atom. The Kier molecular flexibility index (Phi) is 4.85. The highest BCUT2D eigenvalue weighted by atomic mass is 16.3. The van der Waals surface area contributed by atoms with Crippen molar-refractivity contribution in [3.05, 3.63) is 71.9 Å². The van der Waals surface area contributed by atoms with E-state index in [1.54, 1.807) is 11.9 Å². The van der Waals surface area contributed by atoms with E-state index in [1.165, 1.54) is 0 Å². The molecule has 1 aromatic carbocycles. The van der Waals surface area contributed by atoms with Gasteiger partial charge in [0.1, 0.15) is 23.0 Å². The van der Waals surface area contributed by atoms with Gasteiger partial charge in [-0.15, -0.1) is 0 Å². The second kappa shape index (κ2) is 7.21. The number of furan rings is 2. The van der Waals surface area contributed by atoms with Crippen molar-refractivity contribution in [3.63, 3.8) is 0 Å². The zero-order chi connectivity index (χ0) is 16.9. The van der Waals surface area contributed by atoms with Crippen molar-refractivity contribution in [1.29, 1.82) is 0 Å². The van der Waals surface area contributed by atoms with E-state index in [0.29, 0.717) is 19.4 Å². The zero-order valence-corrected chi connectivity index (χ0v) is 14.0. The Bertz CT molecular complexity index is 801. The number of rotatable bonds is 6. The van der Waals surface area contributed by atoms with Crippen molar-refractivity contribution in [1.82, 2.24) is 4.90 Å². The van der Waals surface area contributed by atoms with E-state index in [1.807, 2.05) is 61.5 Å². The number of carbonyl (C=O) groups is 1. The van der Waals surface area contributed by atoms with Gasteiger partial charge in [0, 0.05) is 25.5 Å². The molecule has 3 rings (SSSR count). The number of amides is 1. The largest absolute Gasteiger partial charge is 0.464 e. The fourth-order valence-corrected chi connectivity index (χ4v) is 2.58. The molecule has 0 saturated carbocycles. The maximum absolute atomic E-state index is 12.2. The summed E-state index contributed by atoms with van der Waals surface area (Å²) in [5.41, 5.74) is 1.04. The molecule has 0 saturated heterocycles. The van der Waals surface area contributed by atoms with E-state index in [4.69, 9.17) is 8.83 Å². The summed E-state index contributed by atoms with van der Waals surface area (Å²) in [5.74, 6) is 3.38. The summed E-state index contributed by atoms with van der Waals surface area (Å²) < 4.78 is 11.3. The molecule has 4 nitrogen and oxygen atoms in total. The maximum Gasteiger partial charge on any atom is 0.223 e. The molecular formula is C20H21NO3. The van der Waals surface area contributed by atoms with Crippen LogP contribution in [0.5, 0.6) is 0 Å². The highest BCUT2D eigenvalue weighted by Gasteiger charge is 2.13. The predicted octanol–water partition coefficient (Wildman–Crippen LogP) is 4.44. The molecule has 0 aliphatic carbocycles. The van der Waals surface area contributed by atoms with Crippen LogP contribution in [0.4, 0.5) is 0 Å². The van der Waals surface area contributed by atoms with Gasteiger partial charge in [-0.1, -0.05) is 30.3 Å². The normalized spacial score (nSPS) is 10.8. The van der Waals surface area contributed by atoms with Crippen molar-refractivity contribution < 1.29 is 13.6 Å². The van der Waals surface area contributed by atoms with Gasteiger partial charge in [0.05, 0.1) is 6.54 Å². The molecular weight excluding hydrogens is 302 g/mol. The monoisotopic (exact) mass is 323 g/mol. The number of carbonyl (C=O) groups excluding carboxylic acids is 1. The van der Waals surface area contributed by atoms with Crippen LogP contribution in [0.2, 0.25) is 0 Å². The molecule has 0 spiro atoms. The lowest BCUT2D eigenvalue weighted by atomic mass is 10.2. The second-order valence-electron chi connectivity index (χ2n) is 5.89. The van der Waals surface area contributed by atoms with E-state index in [-0.39, 0.29) is 5.91 Å². The minimum absolute atomic E-state index is 0.0710. The molecule has 124 valence electrons. The molecule has 1 amide bonds. The van der Waals surface area contributed by atoms with Gasteiger partial charge >= 0.3 is 0 Å². The van der Waals surface area contributed by atoms with E-state index in [2.05, 4.69) is 0 Å². The van der Waals surface area contributed by atoms with Crippen molar-refractivity contribution in [2.75, 3.05) is 7.05 Å². The van der Waals surface area contributed by atoms with Crippen LogP contribution in [0.1, 0.15) is 23.7 Å². The summed E-state index contributed by atoms with van der Waals surface area (Å²) in [4.78, 5) is 13.9. The van der Waals surface area contributed by atoms with Crippen LogP contribution in [0, 0.1) is 6.92 Å². The Morgan fingerprint density at radius 2 is 1.71 bits per heavy atom. The molecule has 4 heteroatoms. The van der Waals surface area contributed by atoms with Gasteiger partial charge in [0.25, 0.3) is 0 Å². The Hall–Kier alpha value is -2.75. The molecule has 0 radical (unpaired) electrons. The second-order valence-corrected chi connectivity index (χ2v) is 5.89. The van der Waals surface area contributed by atoms with Crippen LogP contribution in [0.25, 0.3) is 11.3 Å². The summed E-state index contributed by atoms with van der Waals surface area (Å²) in [6.07, 6.45) is 1.01. The lowest BCUT2D eigenvalue weighted by Crippen LogP contribution is -2.26. The van der Waals surface area contributed by atoms with Gasteiger partial charge in [-0.05, 0) is 31.2 Å². The summed E-state index contributed by atoms with van der Waals surface area (Å²) in [7, 11) is 1.79. The van der Waals surface area contributed by atoms with Crippen LogP contribution in [-0.2, 0) is 17.8 Å². The fraction of sp³-hybridized carbons (Fsp3) is 0.250. The first-order chi connectivity index (χ1) is 11.6. The third-order valence-corrected chi connectivity index (χ3v) is 3.92. The first-order valence-corrected chi connectivity index (χ1v) is 8.05. The molecule has 0 unspecified atom stereocenters. The Labute approximate surface area is 141 Å². The SMILES string of the molecule is Cc1ccc(CN(C)C(=O)CCc2ccc(-c3ccccc3)o2)o1. The molecule has 0 aliphatic rings. The molecule has 0 atom stereocenters. The highest BCUT2D eigenvalue weighted by Crippen LogP contribution is 2.22. The Morgan fingerprint density at radius 1 is 0.958 bits per heavy atom. The lowest BCUT2D eigenvalue weighted by molar-refractivity contribution is -0.130. The summed E-state index contributed by atoms with van der Waals surface area (Å²) in [5, 5.41) is 0. The molecule has 0 aliphatic heterocycles. The number of benzene rings is 1. The molecule has 3 aromatic rings. The topological polar surface area (TPSA) is 46.6 Å². The number of nitrogens with zero attached hydrogens (tertiary/aromatic N) is 1. The molecule has 0 bridgehead atoms. The van der Waals surface area contributed by atoms with E-state index in [9.17, 15) is 4.79 Å². The summed E-state index contributed by atoms with van der Waals surface area (Å²) >= 11 is 0. The Balaban J connectivity index is 1.53. The number of hydrogen-bond donors (Lipinski definition) is 0. The standard InChI is InChI=1S/C20H21NO3/c1-15-8-9-18(23-15)14-21(2)20(22)13-11-17-10-12-19(24-17)16-6-4-3-5-7-16/h3-10,12H,11,13-14H2,1-2H3. The maximum atomic E-state index is 12.2. The molecule has 0 N–H and O–H groups in total. The van der Waals surface area contributed by atoms with Crippen molar-refractivity contribution in [3.8, 4) is 11.3 Å². The van der Waals surface area contributed by atoms with Crippen molar-refractivity contribution >= 4 is 5.91 Å². The van der Waals surface area contributed by atoms with E-state index in [0.717, 1.165) is 28.6 Å². The first kappa shape index (κ1) is 16.1. The van der Waals surface area contributed by atoms with E-state index < -0.39 is 0 Å². The van der Waals surface area contributed by atoms with Crippen molar-refractivity contribution in [2.24, 2.45) is 0 Å². The fourth-order valence-electron chi connectivity index (χ4n) is 2.58. The summed E-state index contributed by atoms with van der Waals surface area (Å²) in [6, 6.07) is 17.6. The number of aryl methyl sites for hydroxylation is 2. The predicted molar refractivity (Wildman–Crippen MR) is 92.4 cm³/mol. The van der Waals surface area contributed by atoms with Crippen LogP contribution < -0.4 is 0 Å². The minimum Gasteiger partial charge on any atom is -0.464 e. The van der Waals surface area contributed by atoms with Gasteiger partial charge in [-0.25, -0.2) is 0 Å². The first-order valence-electron chi connectivity index (χ1n) is 8.05. The molecule has 24 heavy (non-hydrogen) atoms. The van der Waals surface area contributed by atoms with Gasteiger partial charge in [-0.3, -0.25) is 4.79 Å². The van der Waals surface area contributed by atoms with Gasteiger partial charge in [-0.2, -0.15) is 0 Å². The average molecular weight is 323 g/mol. The lowest BCUT2D eigenvalue weighted by Gasteiger charge is -2.15. The quantitative estimate of drug-likeness (QED) is 0.674. The number of hydrogen-bond acceptors (Lipinski definition) is 3. The van der Waals surface area contributed by atoms with Crippen LogP contribution >= 0.6 is 0 Å². The average Bonchev–Trinajstić information content (AvgIpc) is 3.22. The molecule has 0 fully saturated rings. The van der Waals surface area contributed by atoms with Gasteiger partial charge in [0.2, 0.25) is 5.91 Å². The third-order valence-electron chi connectivity index (χ3n) is 3.92. The third kappa shape index (κ3) is 3.96. The summed E-state index contributed by atoms with van der Waals surface area (Å²) in [6.45, 7) is 2.38. The minimum atomic E-state index is 0.0710.